The highest BCUT2D eigenvalue weighted by Crippen LogP contribution is 2.61. The predicted molar refractivity (Wildman–Crippen MR) is 73.9 cm³/mol. The normalized spacial score (nSPS) is 25.9. The van der Waals surface area contributed by atoms with Gasteiger partial charge in [-0.05, 0) is 44.0 Å². The Balaban J connectivity index is 1.65. The molecule has 1 unspecified atom stereocenters. The summed E-state index contributed by atoms with van der Waals surface area (Å²) in [6, 6.07) is 7.16. The summed E-state index contributed by atoms with van der Waals surface area (Å²) in [6.45, 7) is 3.14. The van der Waals surface area contributed by atoms with Crippen LogP contribution in [0.2, 0.25) is 5.02 Å². The number of epoxide rings is 1. The van der Waals surface area contributed by atoms with Crippen molar-refractivity contribution in [2.45, 2.75) is 25.4 Å². The van der Waals surface area contributed by atoms with Crippen LogP contribution in [-0.4, -0.2) is 31.4 Å². The number of ether oxygens (including phenoxy) is 3. The maximum absolute atomic E-state index is 12.1. The largest absolute Gasteiger partial charge is 0.490 e. The van der Waals surface area contributed by atoms with Crippen LogP contribution >= 0.6 is 11.6 Å². The average molecular weight is 297 g/mol. The number of hydrogen-bond acceptors (Lipinski definition) is 4. The van der Waals surface area contributed by atoms with Crippen molar-refractivity contribution in [1.29, 1.82) is 0 Å². The Morgan fingerprint density at radius 1 is 1.35 bits per heavy atom. The van der Waals surface area contributed by atoms with E-state index in [1.807, 2.05) is 19.1 Å². The second-order valence-corrected chi connectivity index (χ2v) is 5.76. The fraction of sp³-hybridized carbons (Fsp3) is 0.533. The van der Waals surface area contributed by atoms with E-state index in [0.717, 1.165) is 18.6 Å². The van der Waals surface area contributed by atoms with Gasteiger partial charge in [-0.1, -0.05) is 11.6 Å². The number of rotatable bonds is 6. The van der Waals surface area contributed by atoms with Crippen molar-refractivity contribution < 1.29 is 19.0 Å². The van der Waals surface area contributed by atoms with Gasteiger partial charge in [-0.2, -0.15) is 0 Å². The van der Waals surface area contributed by atoms with Crippen molar-refractivity contribution in [1.82, 2.24) is 0 Å². The monoisotopic (exact) mass is 296 g/mol. The zero-order valence-corrected chi connectivity index (χ0v) is 12.1. The van der Waals surface area contributed by atoms with Crippen LogP contribution in [0.1, 0.15) is 19.8 Å². The van der Waals surface area contributed by atoms with Crippen molar-refractivity contribution in [3.63, 3.8) is 0 Å². The van der Waals surface area contributed by atoms with Gasteiger partial charge in [0.1, 0.15) is 23.4 Å². The van der Waals surface area contributed by atoms with Crippen molar-refractivity contribution >= 4 is 17.6 Å². The van der Waals surface area contributed by atoms with Crippen molar-refractivity contribution in [3.05, 3.63) is 29.3 Å². The average Bonchev–Trinajstić information content (AvgIpc) is 3.32. The van der Waals surface area contributed by atoms with E-state index in [4.69, 9.17) is 25.8 Å². The molecule has 0 spiro atoms. The molecule has 1 aliphatic heterocycles. The van der Waals surface area contributed by atoms with E-state index in [9.17, 15) is 4.79 Å². The summed E-state index contributed by atoms with van der Waals surface area (Å²) in [5.74, 6) is 0.570. The van der Waals surface area contributed by atoms with Gasteiger partial charge in [0.25, 0.3) is 0 Å². The molecule has 1 heterocycles. The third kappa shape index (κ3) is 2.27. The summed E-state index contributed by atoms with van der Waals surface area (Å²) in [6.07, 6.45) is 1.63. The lowest BCUT2D eigenvalue weighted by molar-refractivity contribution is -0.153. The SMILES string of the molecule is CCOC(=O)C1(C2(COc3ccc(Cl)cc3)CO2)CC1. The molecule has 0 bridgehead atoms. The molecule has 1 aliphatic carbocycles. The van der Waals surface area contributed by atoms with Gasteiger partial charge in [0.2, 0.25) is 0 Å². The van der Waals surface area contributed by atoms with Crippen LogP contribution in [0.3, 0.4) is 0 Å². The van der Waals surface area contributed by atoms with Crippen LogP contribution in [0.15, 0.2) is 24.3 Å². The van der Waals surface area contributed by atoms with Gasteiger partial charge in [-0.15, -0.1) is 0 Å². The molecule has 2 aliphatic rings. The number of esters is 1. The molecular weight excluding hydrogens is 280 g/mol. The maximum atomic E-state index is 12.1. The molecule has 1 aromatic rings. The zero-order valence-electron chi connectivity index (χ0n) is 11.4. The standard InChI is InChI=1S/C15H17ClO4/c1-2-18-13(17)14(7-8-14)15(10-20-15)9-19-12-5-3-11(16)4-6-12/h3-6H,2,7-10H2,1H3. The molecule has 1 atom stereocenters. The predicted octanol–water partition coefficient (Wildman–Crippen LogP) is 2.83. The Kier molecular flexibility index (Phi) is 3.38. The van der Waals surface area contributed by atoms with Gasteiger partial charge in [-0.25, -0.2) is 0 Å². The number of carbonyl (C=O) groups is 1. The fourth-order valence-electron chi connectivity index (χ4n) is 2.56. The third-order valence-corrected chi connectivity index (χ3v) is 4.32. The highest BCUT2D eigenvalue weighted by molar-refractivity contribution is 6.30. The first-order valence-electron chi connectivity index (χ1n) is 6.81. The van der Waals surface area contributed by atoms with Crippen LogP contribution in [0, 0.1) is 5.41 Å². The molecular formula is C15H17ClO4. The van der Waals surface area contributed by atoms with Crippen LogP contribution in [0.4, 0.5) is 0 Å². The summed E-state index contributed by atoms with van der Waals surface area (Å²) < 4.78 is 16.5. The van der Waals surface area contributed by atoms with Crippen LogP contribution in [0.25, 0.3) is 0 Å². The van der Waals surface area contributed by atoms with Crippen LogP contribution in [0.5, 0.6) is 5.75 Å². The summed E-state index contributed by atoms with van der Waals surface area (Å²) >= 11 is 5.83. The first-order chi connectivity index (χ1) is 9.62. The fourth-order valence-corrected chi connectivity index (χ4v) is 2.68. The highest BCUT2D eigenvalue weighted by atomic mass is 35.5. The van der Waals surface area contributed by atoms with E-state index in [2.05, 4.69) is 0 Å². The summed E-state index contributed by atoms with van der Waals surface area (Å²) in [4.78, 5) is 12.1. The minimum atomic E-state index is -0.501. The smallest absolute Gasteiger partial charge is 0.315 e. The van der Waals surface area contributed by atoms with Gasteiger partial charge in [0, 0.05) is 5.02 Å². The zero-order chi connectivity index (χ0) is 14.2. The first-order valence-corrected chi connectivity index (χ1v) is 7.19. The number of carbonyl (C=O) groups excluding carboxylic acids is 1. The molecule has 0 radical (unpaired) electrons. The summed E-state index contributed by atoms with van der Waals surface area (Å²) in [7, 11) is 0. The second kappa shape index (κ2) is 4.93. The van der Waals surface area contributed by atoms with Crippen LogP contribution < -0.4 is 4.74 Å². The van der Waals surface area contributed by atoms with E-state index < -0.39 is 11.0 Å². The molecule has 1 saturated heterocycles. The maximum Gasteiger partial charge on any atom is 0.315 e. The van der Waals surface area contributed by atoms with Crippen molar-refractivity contribution in [2.24, 2.45) is 5.41 Å². The first kappa shape index (κ1) is 13.7. The van der Waals surface area contributed by atoms with Gasteiger partial charge in [0.15, 0.2) is 0 Å². The lowest BCUT2D eigenvalue weighted by atomic mass is 9.90. The lowest BCUT2D eigenvalue weighted by Crippen LogP contribution is -2.39. The minimum absolute atomic E-state index is 0.155. The molecule has 0 N–H and O–H groups in total. The molecule has 20 heavy (non-hydrogen) atoms. The number of hydrogen-bond donors (Lipinski definition) is 0. The molecule has 3 rings (SSSR count). The molecule has 108 valence electrons. The molecule has 1 aromatic carbocycles. The second-order valence-electron chi connectivity index (χ2n) is 5.33. The van der Waals surface area contributed by atoms with Gasteiger partial charge < -0.3 is 14.2 Å². The lowest BCUT2D eigenvalue weighted by Gasteiger charge is -2.22. The Hall–Kier alpha value is -1.26. The Morgan fingerprint density at radius 3 is 2.50 bits per heavy atom. The topological polar surface area (TPSA) is 48.1 Å². The Labute approximate surface area is 123 Å². The Morgan fingerprint density at radius 2 is 2.00 bits per heavy atom. The third-order valence-electron chi connectivity index (χ3n) is 4.07. The Bertz CT molecular complexity index is 503. The molecule has 1 saturated carbocycles. The quantitative estimate of drug-likeness (QED) is 0.598. The van der Waals surface area contributed by atoms with Gasteiger partial charge in [0.05, 0.1) is 13.2 Å². The number of halogens is 1. The number of benzene rings is 1. The molecule has 0 aromatic heterocycles. The highest BCUT2D eigenvalue weighted by Gasteiger charge is 2.73. The van der Waals surface area contributed by atoms with E-state index >= 15 is 0 Å². The minimum Gasteiger partial charge on any atom is -0.490 e. The van der Waals surface area contributed by atoms with Crippen LogP contribution in [-0.2, 0) is 14.3 Å². The van der Waals surface area contributed by atoms with E-state index in [1.54, 1.807) is 12.1 Å². The molecule has 4 nitrogen and oxygen atoms in total. The van der Waals surface area contributed by atoms with Gasteiger partial charge in [-0.3, -0.25) is 4.79 Å². The summed E-state index contributed by atoms with van der Waals surface area (Å²) in [5, 5.41) is 0.667. The molecule has 0 amide bonds. The van der Waals surface area contributed by atoms with Gasteiger partial charge >= 0.3 is 5.97 Å². The van der Waals surface area contributed by atoms with Crippen molar-refractivity contribution in [3.8, 4) is 5.75 Å². The summed E-state index contributed by atoms with van der Waals surface area (Å²) in [5.41, 5.74) is -0.992. The van der Waals surface area contributed by atoms with E-state index in [0.29, 0.717) is 24.8 Å². The van der Waals surface area contributed by atoms with Crippen molar-refractivity contribution in [2.75, 3.05) is 19.8 Å². The van der Waals surface area contributed by atoms with E-state index in [1.165, 1.54) is 0 Å². The van der Waals surface area contributed by atoms with E-state index in [-0.39, 0.29) is 5.97 Å². The molecule has 2 fully saturated rings. The molecule has 5 heteroatoms.